The molecule has 3 nitrogen and oxygen atoms in total. The standard InChI is InChI=1S/C17H28N2O/c1-14(2)19(13-16-3-4-16)11-12-20-17-7-5-15(6-8-17)9-10-18/h5-8,14,16H,3-4,9-13,18H2,1-2H3. The van der Waals surface area contributed by atoms with Crippen LogP contribution in [0.25, 0.3) is 0 Å². The Bertz CT molecular complexity index is 384. The molecule has 0 amide bonds. The third-order valence-electron chi connectivity index (χ3n) is 3.92. The summed E-state index contributed by atoms with van der Waals surface area (Å²) >= 11 is 0. The van der Waals surface area contributed by atoms with E-state index in [2.05, 4.69) is 30.9 Å². The molecule has 0 atom stereocenters. The summed E-state index contributed by atoms with van der Waals surface area (Å²) in [6.45, 7) is 8.25. The Kier molecular flexibility index (Phi) is 5.86. The first kappa shape index (κ1) is 15.3. The Hall–Kier alpha value is -1.06. The Morgan fingerprint density at radius 3 is 2.50 bits per heavy atom. The molecule has 1 aliphatic carbocycles. The van der Waals surface area contributed by atoms with Gasteiger partial charge < -0.3 is 10.5 Å². The first-order valence-electron chi connectivity index (χ1n) is 7.85. The van der Waals surface area contributed by atoms with Gasteiger partial charge in [-0.1, -0.05) is 12.1 Å². The van der Waals surface area contributed by atoms with E-state index in [0.29, 0.717) is 12.6 Å². The highest BCUT2D eigenvalue weighted by atomic mass is 16.5. The van der Waals surface area contributed by atoms with Crippen LogP contribution in [-0.2, 0) is 6.42 Å². The van der Waals surface area contributed by atoms with E-state index in [0.717, 1.165) is 31.2 Å². The largest absolute Gasteiger partial charge is 0.492 e. The number of hydrogen-bond acceptors (Lipinski definition) is 3. The van der Waals surface area contributed by atoms with Crippen LogP contribution in [0.4, 0.5) is 0 Å². The molecule has 0 radical (unpaired) electrons. The van der Waals surface area contributed by atoms with Gasteiger partial charge in [-0.3, -0.25) is 4.90 Å². The van der Waals surface area contributed by atoms with Crippen LogP contribution in [0.1, 0.15) is 32.3 Å². The Labute approximate surface area is 123 Å². The van der Waals surface area contributed by atoms with Crippen molar-refractivity contribution in [1.29, 1.82) is 0 Å². The van der Waals surface area contributed by atoms with Crippen molar-refractivity contribution in [2.24, 2.45) is 11.7 Å². The Morgan fingerprint density at radius 2 is 1.95 bits per heavy atom. The lowest BCUT2D eigenvalue weighted by Crippen LogP contribution is -2.36. The zero-order chi connectivity index (χ0) is 14.4. The van der Waals surface area contributed by atoms with Crippen molar-refractivity contribution < 1.29 is 4.74 Å². The van der Waals surface area contributed by atoms with Crippen molar-refractivity contribution in [3.05, 3.63) is 29.8 Å². The molecule has 2 rings (SSSR count). The molecular weight excluding hydrogens is 248 g/mol. The highest BCUT2D eigenvalue weighted by Gasteiger charge is 2.25. The fourth-order valence-corrected chi connectivity index (χ4v) is 2.39. The van der Waals surface area contributed by atoms with Gasteiger partial charge in [0.15, 0.2) is 0 Å². The van der Waals surface area contributed by atoms with Gasteiger partial charge in [-0.05, 0) is 63.3 Å². The maximum absolute atomic E-state index is 5.85. The van der Waals surface area contributed by atoms with E-state index in [9.17, 15) is 0 Å². The monoisotopic (exact) mass is 276 g/mol. The molecule has 0 unspecified atom stereocenters. The summed E-state index contributed by atoms with van der Waals surface area (Å²) in [6, 6.07) is 8.90. The van der Waals surface area contributed by atoms with E-state index < -0.39 is 0 Å². The molecule has 1 saturated carbocycles. The summed E-state index contributed by atoms with van der Waals surface area (Å²) in [6.07, 6.45) is 3.75. The van der Waals surface area contributed by atoms with Crippen molar-refractivity contribution in [2.45, 2.75) is 39.2 Å². The highest BCUT2D eigenvalue weighted by Crippen LogP contribution is 2.30. The van der Waals surface area contributed by atoms with E-state index in [1.807, 2.05) is 12.1 Å². The Morgan fingerprint density at radius 1 is 1.25 bits per heavy atom. The minimum atomic E-state index is 0.603. The fourth-order valence-electron chi connectivity index (χ4n) is 2.39. The van der Waals surface area contributed by atoms with Crippen LogP contribution in [0.3, 0.4) is 0 Å². The number of rotatable bonds is 9. The summed E-state index contributed by atoms with van der Waals surface area (Å²) in [5, 5.41) is 0. The molecule has 1 aliphatic rings. The third-order valence-corrected chi connectivity index (χ3v) is 3.92. The zero-order valence-corrected chi connectivity index (χ0v) is 12.8. The molecule has 0 spiro atoms. The predicted octanol–water partition coefficient (Wildman–Crippen LogP) is 2.69. The average Bonchev–Trinajstić information content (AvgIpc) is 3.24. The zero-order valence-electron chi connectivity index (χ0n) is 12.8. The lowest BCUT2D eigenvalue weighted by Gasteiger charge is -2.26. The van der Waals surface area contributed by atoms with Gasteiger partial charge in [0.1, 0.15) is 12.4 Å². The number of ether oxygens (including phenoxy) is 1. The van der Waals surface area contributed by atoms with Gasteiger partial charge >= 0.3 is 0 Å². The second-order valence-electron chi connectivity index (χ2n) is 6.06. The van der Waals surface area contributed by atoms with Crippen molar-refractivity contribution in [2.75, 3.05) is 26.2 Å². The number of nitrogens with two attached hydrogens (primary N) is 1. The molecule has 3 heteroatoms. The maximum atomic E-state index is 5.85. The quantitative estimate of drug-likeness (QED) is 0.753. The second kappa shape index (κ2) is 7.65. The molecule has 0 aromatic heterocycles. The fraction of sp³-hybridized carbons (Fsp3) is 0.647. The molecule has 20 heavy (non-hydrogen) atoms. The van der Waals surface area contributed by atoms with E-state index in [4.69, 9.17) is 10.5 Å². The minimum Gasteiger partial charge on any atom is -0.492 e. The van der Waals surface area contributed by atoms with E-state index in [1.165, 1.54) is 24.9 Å². The Balaban J connectivity index is 1.72. The van der Waals surface area contributed by atoms with Gasteiger partial charge in [-0.2, -0.15) is 0 Å². The molecule has 0 aliphatic heterocycles. The summed E-state index contributed by atoms with van der Waals surface area (Å²) in [5.74, 6) is 1.90. The van der Waals surface area contributed by atoms with Crippen LogP contribution in [0, 0.1) is 5.92 Å². The topological polar surface area (TPSA) is 38.5 Å². The molecular formula is C17H28N2O. The van der Waals surface area contributed by atoms with Crippen molar-refractivity contribution >= 4 is 0 Å². The van der Waals surface area contributed by atoms with Crippen LogP contribution in [0.15, 0.2) is 24.3 Å². The van der Waals surface area contributed by atoms with Crippen LogP contribution in [0.2, 0.25) is 0 Å². The molecule has 1 fully saturated rings. The lowest BCUT2D eigenvalue weighted by atomic mass is 10.1. The molecule has 1 aromatic carbocycles. The molecule has 0 saturated heterocycles. The van der Waals surface area contributed by atoms with Crippen LogP contribution in [-0.4, -0.2) is 37.2 Å². The SMILES string of the molecule is CC(C)N(CCOc1ccc(CCN)cc1)CC1CC1. The lowest BCUT2D eigenvalue weighted by molar-refractivity contribution is 0.170. The first-order chi connectivity index (χ1) is 9.69. The third kappa shape index (κ3) is 5.14. The molecule has 0 heterocycles. The van der Waals surface area contributed by atoms with Crippen molar-refractivity contribution in [3.8, 4) is 5.75 Å². The van der Waals surface area contributed by atoms with Gasteiger partial charge in [0.2, 0.25) is 0 Å². The van der Waals surface area contributed by atoms with Gasteiger partial charge in [-0.25, -0.2) is 0 Å². The molecule has 112 valence electrons. The van der Waals surface area contributed by atoms with E-state index in [1.54, 1.807) is 0 Å². The maximum Gasteiger partial charge on any atom is 0.119 e. The normalized spacial score (nSPS) is 15.1. The number of benzene rings is 1. The summed E-state index contributed by atoms with van der Waals surface area (Å²) in [7, 11) is 0. The molecule has 2 N–H and O–H groups in total. The molecule has 0 bridgehead atoms. The van der Waals surface area contributed by atoms with E-state index >= 15 is 0 Å². The first-order valence-corrected chi connectivity index (χ1v) is 7.85. The summed E-state index contributed by atoms with van der Waals surface area (Å²) < 4.78 is 5.85. The summed E-state index contributed by atoms with van der Waals surface area (Å²) in [4.78, 5) is 2.53. The van der Waals surface area contributed by atoms with Crippen LogP contribution in [0.5, 0.6) is 5.75 Å². The minimum absolute atomic E-state index is 0.603. The second-order valence-corrected chi connectivity index (χ2v) is 6.06. The van der Waals surface area contributed by atoms with Gasteiger partial charge in [-0.15, -0.1) is 0 Å². The molecule has 1 aromatic rings. The van der Waals surface area contributed by atoms with Crippen LogP contribution >= 0.6 is 0 Å². The van der Waals surface area contributed by atoms with Gasteiger partial charge in [0, 0.05) is 19.1 Å². The summed E-state index contributed by atoms with van der Waals surface area (Å²) in [5.41, 5.74) is 6.82. The van der Waals surface area contributed by atoms with E-state index in [-0.39, 0.29) is 0 Å². The van der Waals surface area contributed by atoms with Gasteiger partial charge in [0.05, 0.1) is 0 Å². The van der Waals surface area contributed by atoms with Crippen molar-refractivity contribution in [1.82, 2.24) is 4.90 Å². The highest BCUT2D eigenvalue weighted by molar-refractivity contribution is 5.27. The number of nitrogens with zero attached hydrogens (tertiary/aromatic N) is 1. The number of hydrogen-bond donors (Lipinski definition) is 1. The van der Waals surface area contributed by atoms with Gasteiger partial charge in [0.25, 0.3) is 0 Å². The average molecular weight is 276 g/mol. The van der Waals surface area contributed by atoms with Crippen LogP contribution < -0.4 is 10.5 Å². The van der Waals surface area contributed by atoms with Crippen molar-refractivity contribution in [3.63, 3.8) is 0 Å². The smallest absolute Gasteiger partial charge is 0.119 e. The predicted molar refractivity (Wildman–Crippen MR) is 84.1 cm³/mol.